The third kappa shape index (κ3) is 2.29. The molecule has 0 atom stereocenters. The van der Waals surface area contributed by atoms with Gasteiger partial charge < -0.3 is 4.98 Å². The first-order chi connectivity index (χ1) is 9.76. The van der Waals surface area contributed by atoms with Crippen molar-refractivity contribution in [3.63, 3.8) is 0 Å². The molecular formula is C16H10FN3. The molecule has 20 heavy (non-hydrogen) atoms. The molecule has 0 aliphatic carbocycles. The highest BCUT2D eigenvalue weighted by Crippen LogP contribution is 2.20. The normalized spacial score (nSPS) is 11.5. The summed E-state index contributed by atoms with van der Waals surface area (Å²) in [5, 5.41) is 9.25. The molecule has 0 unspecified atom stereocenters. The van der Waals surface area contributed by atoms with Crippen molar-refractivity contribution in [2.75, 3.05) is 0 Å². The average Bonchev–Trinajstić information content (AvgIpc) is 2.93. The summed E-state index contributed by atoms with van der Waals surface area (Å²) in [4.78, 5) is 7.17. The average molecular weight is 263 g/mol. The molecule has 0 spiro atoms. The van der Waals surface area contributed by atoms with E-state index in [4.69, 9.17) is 0 Å². The van der Waals surface area contributed by atoms with E-state index in [9.17, 15) is 9.65 Å². The van der Waals surface area contributed by atoms with Crippen LogP contribution in [0.1, 0.15) is 11.1 Å². The second-order valence-corrected chi connectivity index (χ2v) is 4.36. The first-order valence-corrected chi connectivity index (χ1v) is 6.07. The number of hydrogen-bond donors (Lipinski definition) is 1. The van der Waals surface area contributed by atoms with Crippen LogP contribution in [-0.4, -0.2) is 9.97 Å². The highest BCUT2D eigenvalue weighted by atomic mass is 19.1. The Labute approximate surface area is 115 Å². The van der Waals surface area contributed by atoms with E-state index in [-0.39, 0.29) is 5.82 Å². The van der Waals surface area contributed by atoms with Gasteiger partial charge in [-0.2, -0.15) is 5.26 Å². The number of nitrogens with one attached hydrogen (secondary N) is 1. The van der Waals surface area contributed by atoms with Gasteiger partial charge in [-0.3, -0.25) is 0 Å². The summed E-state index contributed by atoms with van der Waals surface area (Å²) in [5.41, 5.74) is 3.86. The summed E-state index contributed by atoms with van der Waals surface area (Å²) >= 11 is 0. The lowest BCUT2D eigenvalue weighted by atomic mass is 10.0. The van der Waals surface area contributed by atoms with E-state index in [0.717, 1.165) is 16.6 Å². The van der Waals surface area contributed by atoms with Crippen molar-refractivity contribution in [1.82, 2.24) is 9.97 Å². The van der Waals surface area contributed by atoms with Gasteiger partial charge in [0.05, 0.1) is 29.0 Å². The zero-order chi connectivity index (χ0) is 13.9. The zero-order valence-corrected chi connectivity index (χ0v) is 10.5. The Balaban J connectivity index is 2.03. The van der Waals surface area contributed by atoms with Gasteiger partial charge in [0.25, 0.3) is 0 Å². The van der Waals surface area contributed by atoms with Gasteiger partial charge in [-0.15, -0.1) is 0 Å². The van der Waals surface area contributed by atoms with Crippen molar-refractivity contribution in [3.8, 4) is 6.07 Å². The minimum Gasteiger partial charge on any atom is -0.345 e. The van der Waals surface area contributed by atoms with Crippen LogP contribution in [0.5, 0.6) is 0 Å². The van der Waals surface area contributed by atoms with Gasteiger partial charge in [-0.25, -0.2) is 9.37 Å². The number of nitriles is 1. The maximum atomic E-state index is 12.9. The molecule has 0 fully saturated rings. The van der Waals surface area contributed by atoms with Gasteiger partial charge >= 0.3 is 0 Å². The summed E-state index contributed by atoms with van der Waals surface area (Å²) < 4.78 is 12.9. The summed E-state index contributed by atoms with van der Waals surface area (Å²) in [5.74, 6) is -0.315. The van der Waals surface area contributed by atoms with E-state index < -0.39 is 0 Å². The number of nitrogens with zero attached hydrogens (tertiary/aromatic N) is 2. The van der Waals surface area contributed by atoms with Crippen LogP contribution in [0.25, 0.3) is 22.7 Å². The fraction of sp³-hybridized carbons (Fsp3) is 0. The van der Waals surface area contributed by atoms with Crippen molar-refractivity contribution in [1.29, 1.82) is 5.26 Å². The van der Waals surface area contributed by atoms with E-state index >= 15 is 0 Å². The molecule has 0 radical (unpaired) electrons. The molecule has 4 heteroatoms. The summed E-state index contributed by atoms with van der Waals surface area (Å²) in [6.45, 7) is 0. The van der Waals surface area contributed by atoms with E-state index in [1.54, 1.807) is 24.5 Å². The minimum atomic E-state index is -0.315. The van der Waals surface area contributed by atoms with Crippen LogP contribution in [0.3, 0.4) is 0 Å². The topological polar surface area (TPSA) is 52.5 Å². The maximum absolute atomic E-state index is 12.9. The minimum absolute atomic E-state index is 0.315. The lowest BCUT2D eigenvalue weighted by molar-refractivity contribution is 0.627. The van der Waals surface area contributed by atoms with Crippen LogP contribution >= 0.6 is 0 Å². The predicted molar refractivity (Wildman–Crippen MR) is 76.0 cm³/mol. The fourth-order valence-electron chi connectivity index (χ4n) is 2.02. The highest BCUT2D eigenvalue weighted by Gasteiger charge is 2.03. The molecule has 3 nitrogen and oxygen atoms in total. The smallest absolute Gasteiger partial charge is 0.123 e. The Morgan fingerprint density at radius 1 is 1.20 bits per heavy atom. The lowest BCUT2D eigenvalue weighted by Gasteiger charge is -2.00. The summed E-state index contributed by atoms with van der Waals surface area (Å²) in [6, 6.07) is 13.7. The molecule has 3 aromatic rings. The molecule has 0 aliphatic heterocycles. The van der Waals surface area contributed by atoms with Gasteiger partial charge in [0, 0.05) is 0 Å². The number of hydrogen-bond acceptors (Lipinski definition) is 2. The van der Waals surface area contributed by atoms with Gasteiger partial charge in [0.2, 0.25) is 0 Å². The van der Waals surface area contributed by atoms with Gasteiger partial charge in [0.1, 0.15) is 5.82 Å². The SMILES string of the molecule is N#CC(=Cc1ccc2nc[nH]c2c1)c1ccc(F)cc1. The van der Waals surface area contributed by atoms with Crippen molar-refractivity contribution < 1.29 is 4.39 Å². The monoisotopic (exact) mass is 263 g/mol. The summed E-state index contributed by atoms with van der Waals surface area (Å²) in [7, 11) is 0. The van der Waals surface area contributed by atoms with Crippen molar-refractivity contribution in [3.05, 3.63) is 65.7 Å². The van der Waals surface area contributed by atoms with Gasteiger partial charge in [-0.1, -0.05) is 18.2 Å². The molecule has 0 aliphatic rings. The Morgan fingerprint density at radius 3 is 2.75 bits per heavy atom. The molecule has 0 saturated carbocycles. The maximum Gasteiger partial charge on any atom is 0.123 e. The van der Waals surface area contributed by atoms with Crippen LogP contribution in [0.2, 0.25) is 0 Å². The van der Waals surface area contributed by atoms with Crippen LogP contribution in [0.4, 0.5) is 4.39 Å². The van der Waals surface area contributed by atoms with Crippen molar-refractivity contribution in [2.24, 2.45) is 0 Å². The first-order valence-electron chi connectivity index (χ1n) is 6.07. The van der Waals surface area contributed by atoms with E-state index in [1.165, 1.54) is 12.1 Å². The van der Waals surface area contributed by atoms with Crippen molar-refractivity contribution >= 4 is 22.7 Å². The standard InChI is InChI=1S/C16H10FN3/c17-14-4-2-12(3-5-14)13(9-18)7-11-1-6-15-16(8-11)20-10-19-15/h1-8,10H,(H,19,20). The zero-order valence-electron chi connectivity index (χ0n) is 10.5. The van der Waals surface area contributed by atoms with Crippen LogP contribution in [-0.2, 0) is 0 Å². The third-order valence-electron chi connectivity index (χ3n) is 3.03. The van der Waals surface area contributed by atoms with E-state index in [2.05, 4.69) is 16.0 Å². The number of aromatic amines is 1. The molecule has 1 N–H and O–H groups in total. The quantitative estimate of drug-likeness (QED) is 0.565. The Morgan fingerprint density at radius 2 is 2.00 bits per heavy atom. The van der Waals surface area contributed by atoms with Crippen LogP contribution in [0.15, 0.2) is 48.8 Å². The van der Waals surface area contributed by atoms with Crippen LogP contribution in [0, 0.1) is 17.1 Å². The Bertz CT molecular complexity index is 823. The molecule has 1 aromatic heterocycles. The van der Waals surface area contributed by atoms with E-state index in [1.807, 2.05) is 18.2 Å². The number of rotatable bonds is 2. The molecule has 0 saturated heterocycles. The fourth-order valence-corrected chi connectivity index (χ4v) is 2.02. The molecule has 3 rings (SSSR count). The molecule has 0 amide bonds. The molecular weight excluding hydrogens is 253 g/mol. The molecule has 1 heterocycles. The lowest BCUT2D eigenvalue weighted by Crippen LogP contribution is -1.83. The second kappa shape index (κ2) is 4.98. The number of imidazole rings is 1. The van der Waals surface area contributed by atoms with E-state index in [0.29, 0.717) is 11.1 Å². The number of fused-ring (bicyclic) bond motifs is 1. The summed E-state index contributed by atoms with van der Waals surface area (Å²) in [6.07, 6.45) is 3.40. The first kappa shape index (κ1) is 12.1. The van der Waals surface area contributed by atoms with Gasteiger partial charge in [-0.05, 0) is 41.5 Å². The van der Waals surface area contributed by atoms with Crippen molar-refractivity contribution in [2.45, 2.75) is 0 Å². The Hall–Kier alpha value is -2.93. The second-order valence-electron chi connectivity index (χ2n) is 4.36. The number of aromatic nitrogens is 2. The third-order valence-corrected chi connectivity index (χ3v) is 3.03. The molecule has 0 bridgehead atoms. The van der Waals surface area contributed by atoms with Crippen LogP contribution < -0.4 is 0 Å². The largest absolute Gasteiger partial charge is 0.345 e. The highest BCUT2D eigenvalue weighted by molar-refractivity contribution is 5.91. The molecule has 96 valence electrons. The molecule has 2 aromatic carbocycles. The number of halogens is 1. The van der Waals surface area contributed by atoms with Gasteiger partial charge in [0.15, 0.2) is 0 Å². The number of allylic oxidation sites excluding steroid dienone is 1. The predicted octanol–water partition coefficient (Wildman–Crippen LogP) is 3.77. The number of H-pyrrole nitrogens is 1. The number of benzene rings is 2. The Kier molecular flexibility index (Phi) is 3.02.